The maximum absolute atomic E-state index is 15.4. The molecule has 0 aliphatic heterocycles. The van der Waals surface area contributed by atoms with Gasteiger partial charge in [0.2, 0.25) is 0 Å². The standard InChI is InChI=1S/C24BF20.C9H12.C5H5.Fe/c26-5-1(6(27)14(35)21(42)13(5)34)25(2-7(28)15(36)22(43)16(37)8(2)29,3-9(30)17(38)23(44)18(39)10(3)31)4-11(32)19(40)24(45)20(41)12(4)33;1-8(2)9-6-4-3-5-7-9;1-2-4-5-3-1;/h;3-8H,1-2H3;1-5H;/q-1;;-1;+2. The van der Waals surface area contributed by atoms with Crippen LogP contribution in [0.3, 0.4) is 0 Å². The number of benzene rings is 5. The Morgan fingerprint density at radius 1 is 0.317 bits per heavy atom. The smallest absolute Gasteiger partial charge is 0.214 e. The summed E-state index contributed by atoms with van der Waals surface area (Å²) in [7, 11) is 0. The Hall–Kier alpha value is -5.37. The molecule has 0 N–H and O–H groups in total. The molecular weight excluding hydrogens is 903 g/mol. The molecule has 6 aromatic rings. The largest absolute Gasteiger partial charge is 2.00 e. The van der Waals surface area contributed by atoms with Crippen molar-refractivity contribution in [1.29, 1.82) is 0 Å². The first-order chi connectivity index (χ1) is 27.5. The van der Waals surface area contributed by atoms with E-state index < -0.39 is 144 Å². The second kappa shape index (κ2) is 18.9. The van der Waals surface area contributed by atoms with Crippen LogP contribution in [0.15, 0.2) is 60.7 Å². The van der Waals surface area contributed by atoms with Crippen molar-refractivity contribution >= 4 is 28.0 Å². The van der Waals surface area contributed by atoms with Crippen molar-refractivity contribution in [2.45, 2.75) is 19.8 Å². The summed E-state index contributed by atoms with van der Waals surface area (Å²) in [5.74, 6) is -70.7. The van der Waals surface area contributed by atoms with Crippen LogP contribution in [0.1, 0.15) is 25.3 Å². The molecule has 6 rings (SSSR count). The van der Waals surface area contributed by atoms with Gasteiger partial charge in [0.05, 0.1) is 0 Å². The van der Waals surface area contributed by atoms with E-state index in [1.54, 1.807) is 0 Å². The second-order valence-electron chi connectivity index (χ2n) is 12.3. The van der Waals surface area contributed by atoms with Gasteiger partial charge in [-0.25, -0.2) is 99.9 Å². The molecule has 0 spiro atoms. The van der Waals surface area contributed by atoms with Crippen molar-refractivity contribution in [3.8, 4) is 0 Å². The van der Waals surface area contributed by atoms with Crippen LogP contribution in [0.25, 0.3) is 0 Å². The first-order valence-corrected chi connectivity index (χ1v) is 16.0. The van der Waals surface area contributed by atoms with E-state index in [2.05, 4.69) is 38.1 Å². The molecule has 320 valence electrons. The van der Waals surface area contributed by atoms with Crippen molar-refractivity contribution in [2.24, 2.45) is 0 Å². The topological polar surface area (TPSA) is 0 Å². The molecule has 0 aromatic heterocycles. The minimum Gasteiger partial charge on any atom is -0.214 e. The van der Waals surface area contributed by atoms with Crippen molar-refractivity contribution in [2.75, 3.05) is 0 Å². The number of halogens is 20. The average molecular weight is 920 g/mol. The molecule has 0 nitrogen and oxygen atoms in total. The zero-order chi connectivity index (χ0) is 44.6. The van der Waals surface area contributed by atoms with E-state index in [1.807, 2.05) is 36.4 Å². The molecule has 0 unspecified atom stereocenters. The van der Waals surface area contributed by atoms with Crippen molar-refractivity contribution < 1.29 is 105 Å². The fraction of sp³-hybridized carbons (Fsp3) is 0.0789. The van der Waals surface area contributed by atoms with Crippen LogP contribution in [0, 0.1) is 116 Å². The van der Waals surface area contributed by atoms with E-state index in [0.717, 1.165) is 0 Å². The third kappa shape index (κ3) is 8.10. The van der Waals surface area contributed by atoms with E-state index in [4.69, 9.17) is 0 Å². The SMILES string of the molecule is CC(C)c1ccccc1.Fc1c(F)c(F)c([B-](c2c(F)c(F)c(F)c(F)c2F)(c2c(F)c(F)c(F)c(F)c2F)c2c(F)c(F)c(F)c(F)c2F)c(F)c1F.[Fe+2].c1cc[cH-]c1. The predicted molar refractivity (Wildman–Crippen MR) is 172 cm³/mol. The summed E-state index contributed by atoms with van der Waals surface area (Å²) in [4.78, 5) is 0. The average Bonchev–Trinajstić information content (AvgIpc) is 3.82. The third-order valence-electron chi connectivity index (χ3n) is 8.73. The normalized spacial score (nSPS) is 11.2. The Balaban J connectivity index is 0.000000537. The minimum atomic E-state index is -7.22. The summed E-state index contributed by atoms with van der Waals surface area (Å²) in [6.07, 6.45) is -7.22. The molecule has 0 saturated carbocycles. The molecule has 0 saturated heterocycles. The summed E-state index contributed by atoms with van der Waals surface area (Å²) >= 11 is 0. The number of hydrogen-bond acceptors (Lipinski definition) is 0. The fourth-order valence-corrected chi connectivity index (χ4v) is 6.03. The summed E-state index contributed by atoms with van der Waals surface area (Å²) < 4.78 is 294. The van der Waals surface area contributed by atoms with E-state index in [9.17, 15) is 52.7 Å². The minimum absolute atomic E-state index is 0. The van der Waals surface area contributed by atoms with Crippen LogP contribution < -0.4 is 21.9 Å². The quantitative estimate of drug-likeness (QED) is 0.0532. The molecule has 0 aliphatic carbocycles. The van der Waals surface area contributed by atoms with Crippen LogP contribution in [-0.2, 0) is 17.1 Å². The fourth-order valence-electron chi connectivity index (χ4n) is 6.03. The molecule has 6 aromatic carbocycles. The van der Waals surface area contributed by atoms with E-state index in [1.165, 1.54) is 5.56 Å². The molecule has 0 radical (unpaired) electrons. The van der Waals surface area contributed by atoms with Crippen LogP contribution in [0.4, 0.5) is 87.8 Å². The summed E-state index contributed by atoms with van der Waals surface area (Å²) in [6, 6.07) is 20.5. The van der Waals surface area contributed by atoms with E-state index >= 15 is 35.1 Å². The van der Waals surface area contributed by atoms with Gasteiger partial charge in [-0.3, -0.25) is 0 Å². The van der Waals surface area contributed by atoms with Crippen LogP contribution in [0.2, 0.25) is 0 Å². The number of hydrogen-bond donors (Lipinski definition) is 0. The zero-order valence-corrected chi connectivity index (χ0v) is 30.4. The molecular formula is C38H17BF20Fe. The first-order valence-electron chi connectivity index (χ1n) is 16.0. The predicted octanol–water partition coefficient (Wildman–Crippen LogP) is 10.1. The van der Waals surface area contributed by atoms with E-state index in [-0.39, 0.29) is 17.1 Å². The van der Waals surface area contributed by atoms with Gasteiger partial charge in [-0.05, 0) is 11.5 Å². The van der Waals surface area contributed by atoms with Crippen LogP contribution >= 0.6 is 0 Å². The first kappa shape index (κ1) is 49.0. The van der Waals surface area contributed by atoms with Crippen LogP contribution in [-0.4, -0.2) is 6.15 Å². The molecule has 0 heterocycles. The summed E-state index contributed by atoms with van der Waals surface area (Å²) in [5, 5.41) is 0. The van der Waals surface area contributed by atoms with Crippen molar-refractivity contribution in [3.05, 3.63) is 183 Å². The molecule has 22 heteroatoms. The Labute approximate surface area is 334 Å². The van der Waals surface area contributed by atoms with Gasteiger partial charge in [0.15, 0.2) is 69.8 Å². The Kier molecular flexibility index (Phi) is 15.4. The van der Waals surface area contributed by atoms with Crippen molar-refractivity contribution in [1.82, 2.24) is 0 Å². The van der Waals surface area contributed by atoms with Gasteiger partial charge in [-0.15, -0.1) is 21.9 Å². The monoisotopic (exact) mass is 920 g/mol. The molecule has 0 bridgehead atoms. The molecule has 60 heavy (non-hydrogen) atoms. The maximum atomic E-state index is 15.4. The molecule has 0 atom stereocenters. The summed E-state index contributed by atoms with van der Waals surface area (Å²) in [6.45, 7) is 4.41. The van der Waals surface area contributed by atoms with Gasteiger partial charge in [-0.2, -0.15) is 18.2 Å². The van der Waals surface area contributed by atoms with Gasteiger partial charge in [-0.1, -0.05) is 44.2 Å². The molecule has 0 amide bonds. The van der Waals surface area contributed by atoms with Gasteiger partial charge >= 0.3 is 17.1 Å². The van der Waals surface area contributed by atoms with Gasteiger partial charge < -0.3 is 0 Å². The Bertz CT molecular complexity index is 2130. The molecule has 0 aliphatic rings. The maximum Gasteiger partial charge on any atom is 2.00 e. The van der Waals surface area contributed by atoms with E-state index in [0.29, 0.717) is 5.92 Å². The Morgan fingerprint density at radius 3 is 0.667 bits per heavy atom. The third-order valence-corrected chi connectivity index (χ3v) is 8.73. The summed E-state index contributed by atoms with van der Waals surface area (Å²) in [5.41, 5.74) is -12.9. The second-order valence-corrected chi connectivity index (χ2v) is 12.3. The zero-order valence-electron chi connectivity index (χ0n) is 29.3. The van der Waals surface area contributed by atoms with Gasteiger partial charge in [0.1, 0.15) is 52.7 Å². The number of rotatable bonds is 5. The van der Waals surface area contributed by atoms with Crippen molar-refractivity contribution in [3.63, 3.8) is 0 Å². The molecule has 0 fully saturated rings. The van der Waals surface area contributed by atoms with Crippen LogP contribution in [0.5, 0.6) is 0 Å². The Morgan fingerprint density at radius 2 is 0.517 bits per heavy atom. The van der Waals surface area contributed by atoms with Gasteiger partial charge in [0, 0.05) is 0 Å². The van der Waals surface area contributed by atoms with Gasteiger partial charge in [0.25, 0.3) is 0 Å².